The van der Waals surface area contributed by atoms with Gasteiger partial charge in [-0.15, -0.1) is 0 Å². The van der Waals surface area contributed by atoms with Gasteiger partial charge in [-0.25, -0.2) is 0 Å². The summed E-state index contributed by atoms with van der Waals surface area (Å²) in [5, 5.41) is 12.2. The molecule has 1 heterocycles. The molecular formula is C20H26N2O5. The molecule has 1 aliphatic heterocycles. The van der Waals surface area contributed by atoms with Crippen molar-refractivity contribution in [1.29, 1.82) is 0 Å². The molecule has 0 bridgehead atoms. The molecule has 0 aliphatic carbocycles. The molecule has 27 heavy (non-hydrogen) atoms. The normalized spacial score (nSPS) is 15.1. The smallest absolute Gasteiger partial charge is 0.311 e. The molecule has 0 aromatic heterocycles. The SMILES string of the molecule is CCC(CC)(CNC(=O)C(C(C)C)N1C(=O)c2ccccc2C1=O)C(=O)O. The van der Waals surface area contributed by atoms with Crippen LogP contribution in [0.5, 0.6) is 0 Å². The summed E-state index contributed by atoms with van der Waals surface area (Å²) in [4.78, 5) is 50.9. The van der Waals surface area contributed by atoms with Crippen LogP contribution in [0.1, 0.15) is 61.3 Å². The minimum absolute atomic E-state index is 0.0550. The van der Waals surface area contributed by atoms with E-state index in [-0.39, 0.29) is 23.6 Å². The summed E-state index contributed by atoms with van der Waals surface area (Å²) < 4.78 is 0. The van der Waals surface area contributed by atoms with Crippen LogP contribution in [-0.4, -0.2) is 46.3 Å². The van der Waals surface area contributed by atoms with Gasteiger partial charge in [-0.3, -0.25) is 24.1 Å². The molecular weight excluding hydrogens is 348 g/mol. The maximum Gasteiger partial charge on any atom is 0.311 e. The highest BCUT2D eigenvalue weighted by atomic mass is 16.4. The molecule has 7 heteroatoms. The number of rotatable bonds is 8. The predicted octanol–water partition coefficient (Wildman–Crippen LogP) is 2.31. The molecule has 0 radical (unpaired) electrons. The van der Waals surface area contributed by atoms with Gasteiger partial charge in [0.05, 0.1) is 16.5 Å². The first-order chi connectivity index (χ1) is 12.7. The van der Waals surface area contributed by atoms with Gasteiger partial charge < -0.3 is 10.4 Å². The molecule has 1 atom stereocenters. The van der Waals surface area contributed by atoms with Gasteiger partial charge in [0.15, 0.2) is 0 Å². The lowest BCUT2D eigenvalue weighted by molar-refractivity contribution is -0.149. The molecule has 1 aliphatic rings. The van der Waals surface area contributed by atoms with Crippen molar-refractivity contribution >= 4 is 23.7 Å². The highest BCUT2D eigenvalue weighted by Gasteiger charge is 2.44. The Labute approximate surface area is 158 Å². The number of nitrogens with one attached hydrogen (secondary N) is 1. The first-order valence-electron chi connectivity index (χ1n) is 9.18. The van der Waals surface area contributed by atoms with Crippen molar-refractivity contribution in [1.82, 2.24) is 10.2 Å². The second-order valence-electron chi connectivity index (χ2n) is 7.23. The Morgan fingerprint density at radius 3 is 1.93 bits per heavy atom. The summed E-state index contributed by atoms with van der Waals surface area (Å²) in [5.41, 5.74) is -0.509. The Morgan fingerprint density at radius 1 is 1.07 bits per heavy atom. The van der Waals surface area contributed by atoms with E-state index in [1.165, 1.54) is 0 Å². The molecule has 0 spiro atoms. The number of imide groups is 1. The van der Waals surface area contributed by atoms with E-state index in [1.807, 2.05) is 0 Å². The zero-order valence-electron chi connectivity index (χ0n) is 16.1. The van der Waals surface area contributed by atoms with Crippen LogP contribution in [0.3, 0.4) is 0 Å². The van der Waals surface area contributed by atoms with Crippen molar-refractivity contribution in [2.24, 2.45) is 11.3 Å². The van der Waals surface area contributed by atoms with Gasteiger partial charge in [-0.2, -0.15) is 0 Å². The quantitative estimate of drug-likeness (QED) is 0.680. The third kappa shape index (κ3) is 3.59. The molecule has 3 amide bonds. The summed E-state index contributed by atoms with van der Waals surface area (Å²) in [6.45, 7) is 6.96. The molecule has 0 fully saturated rings. The van der Waals surface area contributed by atoms with Crippen molar-refractivity contribution in [3.8, 4) is 0 Å². The van der Waals surface area contributed by atoms with Crippen molar-refractivity contribution < 1.29 is 24.3 Å². The fourth-order valence-corrected chi connectivity index (χ4v) is 3.42. The number of aliphatic carboxylic acids is 1. The molecule has 0 saturated heterocycles. The molecule has 7 nitrogen and oxygen atoms in total. The zero-order valence-corrected chi connectivity index (χ0v) is 16.1. The third-order valence-corrected chi connectivity index (χ3v) is 5.41. The Morgan fingerprint density at radius 2 is 1.56 bits per heavy atom. The largest absolute Gasteiger partial charge is 0.481 e. The van der Waals surface area contributed by atoms with Crippen molar-refractivity contribution in [3.63, 3.8) is 0 Å². The summed E-state index contributed by atoms with van der Waals surface area (Å²) >= 11 is 0. The molecule has 146 valence electrons. The fraction of sp³-hybridized carbons (Fsp3) is 0.500. The second kappa shape index (κ2) is 7.90. The maximum atomic E-state index is 12.9. The van der Waals surface area contributed by atoms with E-state index in [1.54, 1.807) is 52.0 Å². The lowest BCUT2D eigenvalue weighted by atomic mass is 9.82. The van der Waals surface area contributed by atoms with E-state index in [4.69, 9.17) is 0 Å². The monoisotopic (exact) mass is 374 g/mol. The Kier molecular flexibility index (Phi) is 6.03. The van der Waals surface area contributed by atoms with Gasteiger partial charge >= 0.3 is 5.97 Å². The van der Waals surface area contributed by atoms with Crippen LogP contribution < -0.4 is 5.32 Å². The number of carboxylic acids is 1. The molecule has 1 aromatic carbocycles. The first kappa shape index (κ1) is 20.6. The van der Waals surface area contributed by atoms with Crippen LogP contribution in [-0.2, 0) is 9.59 Å². The molecule has 0 saturated carbocycles. The average Bonchev–Trinajstić information content (AvgIpc) is 2.88. The molecule has 2 N–H and O–H groups in total. The Hall–Kier alpha value is -2.70. The number of hydrogen-bond donors (Lipinski definition) is 2. The number of carbonyl (C=O) groups is 4. The van der Waals surface area contributed by atoms with E-state index in [2.05, 4.69) is 5.32 Å². The molecule has 1 unspecified atom stereocenters. The van der Waals surface area contributed by atoms with E-state index >= 15 is 0 Å². The van der Waals surface area contributed by atoms with Crippen molar-refractivity contribution in [2.75, 3.05) is 6.54 Å². The number of hydrogen-bond acceptors (Lipinski definition) is 4. The maximum absolute atomic E-state index is 12.9. The standard InChI is InChI=1S/C20H26N2O5/c1-5-20(6-2,19(26)27)11-21-16(23)15(12(3)4)22-17(24)13-9-7-8-10-14(13)18(22)25/h7-10,12,15H,5-6,11H2,1-4H3,(H,21,23)(H,26,27). The highest BCUT2D eigenvalue weighted by molar-refractivity contribution is 6.22. The van der Waals surface area contributed by atoms with Crippen LogP contribution in [0.15, 0.2) is 24.3 Å². The molecule has 1 aromatic rings. The number of fused-ring (bicyclic) bond motifs is 1. The summed E-state index contributed by atoms with van der Waals surface area (Å²) in [5.74, 6) is -2.82. The Balaban J connectivity index is 2.26. The summed E-state index contributed by atoms with van der Waals surface area (Å²) in [7, 11) is 0. The van der Waals surface area contributed by atoms with E-state index in [9.17, 15) is 24.3 Å². The predicted molar refractivity (Wildman–Crippen MR) is 99.2 cm³/mol. The van der Waals surface area contributed by atoms with Crippen LogP contribution in [0.25, 0.3) is 0 Å². The first-order valence-corrected chi connectivity index (χ1v) is 9.18. The second-order valence-corrected chi connectivity index (χ2v) is 7.23. The van der Waals surface area contributed by atoms with Gasteiger partial charge in [0.25, 0.3) is 11.8 Å². The zero-order chi connectivity index (χ0) is 20.4. The van der Waals surface area contributed by atoms with Gasteiger partial charge in [-0.05, 0) is 30.9 Å². The lowest BCUT2D eigenvalue weighted by Crippen LogP contribution is -2.54. The van der Waals surface area contributed by atoms with E-state index in [0.29, 0.717) is 12.8 Å². The lowest BCUT2D eigenvalue weighted by Gasteiger charge is -2.31. The van der Waals surface area contributed by atoms with Gasteiger partial charge in [0, 0.05) is 6.54 Å². The third-order valence-electron chi connectivity index (χ3n) is 5.41. The topological polar surface area (TPSA) is 104 Å². The average molecular weight is 374 g/mol. The van der Waals surface area contributed by atoms with Crippen LogP contribution in [0, 0.1) is 11.3 Å². The minimum atomic E-state index is -1.07. The Bertz CT molecular complexity index is 732. The van der Waals surface area contributed by atoms with Gasteiger partial charge in [-0.1, -0.05) is 39.8 Å². The van der Waals surface area contributed by atoms with Crippen LogP contribution >= 0.6 is 0 Å². The van der Waals surface area contributed by atoms with Crippen LogP contribution in [0.2, 0.25) is 0 Å². The van der Waals surface area contributed by atoms with Crippen LogP contribution in [0.4, 0.5) is 0 Å². The number of benzene rings is 1. The minimum Gasteiger partial charge on any atom is -0.481 e. The highest BCUT2D eigenvalue weighted by Crippen LogP contribution is 2.28. The van der Waals surface area contributed by atoms with Crippen molar-refractivity contribution in [3.05, 3.63) is 35.4 Å². The number of amides is 3. The number of carboxylic acid groups (broad SMARTS) is 1. The van der Waals surface area contributed by atoms with Gasteiger partial charge in [0.1, 0.15) is 6.04 Å². The number of nitrogens with zero attached hydrogens (tertiary/aromatic N) is 1. The van der Waals surface area contributed by atoms with Gasteiger partial charge in [0.2, 0.25) is 5.91 Å². The van der Waals surface area contributed by atoms with E-state index in [0.717, 1.165) is 4.90 Å². The summed E-state index contributed by atoms with van der Waals surface area (Å²) in [6, 6.07) is 5.46. The van der Waals surface area contributed by atoms with E-state index < -0.39 is 35.1 Å². The fourth-order valence-electron chi connectivity index (χ4n) is 3.42. The number of carbonyl (C=O) groups excluding carboxylic acids is 3. The molecule has 2 rings (SSSR count). The van der Waals surface area contributed by atoms with Crippen molar-refractivity contribution in [2.45, 2.75) is 46.6 Å². The summed E-state index contributed by atoms with van der Waals surface area (Å²) in [6.07, 6.45) is 0.719.